The van der Waals surface area contributed by atoms with Crippen molar-refractivity contribution in [3.8, 4) is 0 Å². The third-order valence-electron chi connectivity index (χ3n) is 5.35. The van der Waals surface area contributed by atoms with Crippen LogP contribution in [0.1, 0.15) is 19.8 Å². The standard InChI is InChI=1S/C16H22N2O3S.H2/c19-22(20)9-3-16(4-10-22)12-17-15-11-13(1-2-14(15)16)18-5-7-21-8-6-18;/h1-2,11,17H,3-10,12H2;1H. The lowest BCUT2D eigenvalue weighted by Crippen LogP contribution is -2.38. The number of benzene rings is 1. The Kier molecular flexibility index (Phi) is 3.34. The van der Waals surface area contributed by atoms with E-state index in [4.69, 9.17) is 4.74 Å². The Morgan fingerprint density at radius 1 is 1.18 bits per heavy atom. The molecular formula is C16H24N2O3S. The van der Waals surface area contributed by atoms with E-state index in [2.05, 4.69) is 28.4 Å². The molecule has 2 saturated heterocycles. The Morgan fingerprint density at radius 3 is 2.64 bits per heavy atom. The summed E-state index contributed by atoms with van der Waals surface area (Å²) in [5, 5.41) is 3.51. The monoisotopic (exact) mass is 324 g/mol. The molecule has 3 aliphatic heterocycles. The topological polar surface area (TPSA) is 58.6 Å². The van der Waals surface area contributed by atoms with E-state index in [1.807, 2.05) is 0 Å². The molecule has 0 aliphatic carbocycles. The Hall–Kier alpha value is -1.27. The summed E-state index contributed by atoms with van der Waals surface area (Å²) in [7, 11) is -2.82. The van der Waals surface area contributed by atoms with Gasteiger partial charge in [0, 0.05) is 37.9 Å². The number of anilines is 2. The summed E-state index contributed by atoms with van der Waals surface area (Å²) >= 11 is 0. The zero-order chi connectivity index (χ0) is 15.2. The zero-order valence-electron chi connectivity index (χ0n) is 12.7. The molecule has 1 aromatic rings. The van der Waals surface area contributed by atoms with Crippen LogP contribution in [0.3, 0.4) is 0 Å². The van der Waals surface area contributed by atoms with Crippen molar-refractivity contribution in [1.29, 1.82) is 0 Å². The molecule has 0 unspecified atom stereocenters. The number of sulfone groups is 1. The van der Waals surface area contributed by atoms with E-state index in [1.165, 1.54) is 16.9 Å². The van der Waals surface area contributed by atoms with E-state index in [1.54, 1.807) is 0 Å². The van der Waals surface area contributed by atoms with Crippen LogP contribution < -0.4 is 10.2 Å². The second kappa shape index (κ2) is 5.13. The van der Waals surface area contributed by atoms with Crippen molar-refractivity contribution in [2.75, 3.05) is 54.6 Å². The van der Waals surface area contributed by atoms with Gasteiger partial charge in [-0.25, -0.2) is 8.42 Å². The third-order valence-corrected chi connectivity index (χ3v) is 7.00. The molecular weight excluding hydrogens is 300 g/mol. The number of nitrogens with one attached hydrogen (secondary N) is 1. The van der Waals surface area contributed by atoms with Crippen LogP contribution in [0.25, 0.3) is 0 Å². The lowest BCUT2D eigenvalue weighted by molar-refractivity contribution is 0.122. The molecule has 0 aromatic heterocycles. The normalized spacial score (nSPS) is 25.7. The quantitative estimate of drug-likeness (QED) is 0.851. The summed E-state index contributed by atoms with van der Waals surface area (Å²) in [5.74, 6) is 0.638. The first kappa shape index (κ1) is 14.3. The third kappa shape index (κ3) is 2.38. The van der Waals surface area contributed by atoms with Crippen molar-refractivity contribution in [2.45, 2.75) is 18.3 Å². The van der Waals surface area contributed by atoms with Gasteiger partial charge in [-0.3, -0.25) is 0 Å². The van der Waals surface area contributed by atoms with Crippen LogP contribution in [0.15, 0.2) is 18.2 Å². The van der Waals surface area contributed by atoms with Crippen molar-refractivity contribution in [3.63, 3.8) is 0 Å². The number of hydrogen-bond donors (Lipinski definition) is 1. The predicted octanol–water partition coefficient (Wildman–Crippen LogP) is 1.64. The molecule has 2 fully saturated rings. The molecule has 1 aromatic carbocycles. The van der Waals surface area contributed by atoms with E-state index in [-0.39, 0.29) is 6.84 Å². The maximum Gasteiger partial charge on any atom is 0.150 e. The molecule has 0 amide bonds. The molecule has 0 radical (unpaired) electrons. The minimum Gasteiger partial charge on any atom is -0.384 e. The fraction of sp³-hybridized carbons (Fsp3) is 0.625. The average Bonchev–Trinajstić information content (AvgIpc) is 2.90. The zero-order valence-corrected chi connectivity index (χ0v) is 13.5. The Morgan fingerprint density at radius 2 is 1.91 bits per heavy atom. The average molecular weight is 324 g/mol. The summed E-state index contributed by atoms with van der Waals surface area (Å²) in [4.78, 5) is 2.35. The van der Waals surface area contributed by atoms with Gasteiger partial charge in [0.25, 0.3) is 0 Å². The number of rotatable bonds is 1. The van der Waals surface area contributed by atoms with Crippen LogP contribution in [0.4, 0.5) is 11.4 Å². The van der Waals surface area contributed by atoms with Crippen LogP contribution in [0.5, 0.6) is 0 Å². The molecule has 0 bridgehead atoms. The van der Waals surface area contributed by atoms with E-state index < -0.39 is 9.84 Å². The highest BCUT2D eigenvalue weighted by Gasteiger charge is 2.43. The lowest BCUT2D eigenvalue weighted by Gasteiger charge is -2.33. The van der Waals surface area contributed by atoms with Gasteiger partial charge >= 0.3 is 0 Å². The molecule has 1 spiro atoms. The summed E-state index contributed by atoms with van der Waals surface area (Å²) < 4.78 is 28.9. The molecule has 6 heteroatoms. The van der Waals surface area contributed by atoms with Crippen molar-refractivity contribution in [3.05, 3.63) is 23.8 Å². The van der Waals surface area contributed by atoms with E-state index >= 15 is 0 Å². The van der Waals surface area contributed by atoms with E-state index in [9.17, 15) is 8.42 Å². The largest absolute Gasteiger partial charge is 0.384 e. The van der Waals surface area contributed by atoms with Crippen LogP contribution >= 0.6 is 0 Å². The van der Waals surface area contributed by atoms with Crippen LogP contribution in [-0.4, -0.2) is 52.8 Å². The van der Waals surface area contributed by atoms with Gasteiger partial charge in [-0.05, 0) is 30.5 Å². The second-order valence-corrected chi connectivity index (χ2v) is 8.92. The first-order valence-electron chi connectivity index (χ1n) is 8.00. The number of morpholine rings is 1. The Labute approximate surface area is 133 Å². The molecule has 22 heavy (non-hydrogen) atoms. The molecule has 5 nitrogen and oxygen atoms in total. The highest BCUT2D eigenvalue weighted by Crippen LogP contribution is 2.45. The summed E-state index contributed by atoms with van der Waals surface area (Å²) in [5.41, 5.74) is 3.74. The highest BCUT2D eigenvalue weighted by molar-refractivity contribution is 7.91. The first-order chi connectivity index (χ1) is 10.6. The molecule has 4 rings (SSSR count). The molecule has 122 valence electrons. The van der Waals surface area contributed by atoms with Crippen molar-refractivity contribution < 1.29 is 14.6 Å². The van der Waals surface area contributed by atoms with Gasteiger partial charge < -0.3 is 15.0 Å². The van der Waals surface area contributed by atoms with E-state index in [0.717, 1.165) is 45.7 Å². The fourth-order valence-corrected chi connectivity index (χ4v) is 5.50. The molecule has 3 heterocycles. The number of ether oxygens (including phenoxy) is 1. The second-order valence-electron chi connectivity index (χ2n) is 6.62. The van der Waals surface area contributed by atoms with Gasteiger partial charge in [-0.15, -0.1) is 0 Å². The molecule has 0 saturated carbocycles. The Bertz CT molecular complexity index is 673. The molecule has 0 atom stereocenters. The Balaban J connectivity index is 0.00000156. The lowest BCUT2D eigenvalue weighted by atomic mass is 9.77. The summed E-state index contributed by atoms with van der Waals surface area (Å²) in [6.45, 7) is 4.30. The fourth-order valence-electron chi connectivity index (χ4n) is 3.89. The van der Waals surface area contributed by atoms with Crippen molar-refractivity contribution in [2.24, 2.45) is 0 Å². The van der Waals surface area contributed by atoms with Crippen molar-refractivity contribution >= 4 is 21.2 Å². The van der Waals surface area contributed by atoms with Crippen LogP contribution in [0.2, 0.25) is 0 Å². The number of fused-ring (bicyclic) bond motifs is 2. The van der Waals surface area contributed by atoms with Gasteiger partial charge in [-0.1, -0.05) is 6.07 Å². The minimum absolute atomic E-state index is 0. The van der Waals surface area contributed by atoms with Gasteiger partial charge in [0.05, 0.1) is 24.7 Å². The van der Waals surface area contributed by atoms with E-state index in [0.29, 0.717) is 11.5 Å². The number of nitrogens with zero attached hydrogens (tertiary/aromatic N) is 1. The first-order valence-corrected chi connectivity index (χ1v) is 9.82. The summed E-state index contributed by atoms with van der Waals surface area (Å²) in [6, 6.07) is 6.61. The van der Waals surface area contributed by atoms with Crippen LogP contribution in [-0.2, 0) is 20.0 Å². The van der Waals surface area contributed by atoms with Gasteiger partial charge in [0.1, 0.15) is 9.84 Å². The van der Waals surface area contributed by atoms with Gasteiger partial charge in [0.15, 0.2) is 0 Å². The number of hydrogen-bond acceptors (Lipinski definition) is 5. The maximum atomic E-state index is 11.7. The van der Waals surface area contributed by atoms with Crippen molar-refractivity contribution in [1.82, 2.24) is 0 Å². The highest BCUT2D eigenvalue weighted by atomic mass is 32.2. The summed E-state index contributed by atoms with van der Waals surface area (Å²) in [6.07, 6.45) is 1.48. The van der Waals surface area contributed by atoms with Gasteiger partial charge in [-0.2, -0.15) is 0 Å². The minimum atomic E-state index is -2.82. The molecule has 1 N–H and O–H groups in total. The van der Waals surface area contributed by atoms with Crippen LogP contribution in [0, 0.1) is 0 Å². The smallest absolute Gasteiger partial charge is 0.150 e. The maximum absolute atomic E-state index is 11.7. The van der Waals surface area contributed by atoms with Gasteiger partial charge in [0.2, 0.25) is 0 Å². The SMILES string of the molecule is O=S1(=O)CCC2(CC1)CNc1cc(N3CCOCC3)ccc12.[HH]. The predicted molar refractivity (Wildman–Crippen MR) is 89.6 cm³/mol. The molecule has 3 aliphatic rings.